The van der Waals surface area contributed by atoms with E-state index >= 15 is 0 Å². The molecule has 0 rings (SSSR count). The van der Waals surface area contributed by atoms with Crippen LogP contribution in [-0.4, -0.2) is 37.2 Å². The fourth-order valence-electron chi connectivity index (χ4n) is 9.05. The zero-order chi connectivity index (χ0) is 50.7. The molecule has 0 aromatic rings. The van der Waals surface area contributed by atoms with Crippen LogP contribution in [0.25, 0.3) is 0 Å². The van der Waals surface area contributed by atoms with Gasteiger partial charge in [-0.15, -0.1) is 0 Å². The summed E-state index contributed by atoms with van der Waals surface area (Å²) in [5.74, 6) is -0.955. The van der Waals surface area contributed by atoms with Gasteiger partial charge in [0.2, 0.25) is 0 Å². The van der Waals surface area contributed by atoms with Crippen LogP contribution in [0.5, 0.6) is 0 Å². The van der Waals surface area contributed by atoms with Crippen molar-refractivity contribution in [3.63, 3.8) is 0 Å². The molecule has 0 aliphatic heterocycles. The van der Waals surface area contributed by atoms with Gasteiger partial charge >= 0.3 is 17.9 Å². The molecule has 0 aliphatic carbocycles. The molecule has 0 saturated carbocycles. The normalized spacial score (nSPS) is 12.3. The lowest BCUT2D eigenvalue weighted by Gasteiger charge is -2.18. The van der Waals surface area contributed by atoms with Crippen molar-refractivity contribution in [2.45, 2.75) is 329 Å². The van der Waals surface area contributed by atoms with Gasteiger partial charge in [-0.3, -0.25) is 14.4 Å². The number of carbonyl (C=O) groups is 3. The summed E-state index contributed by atoms with van der Waals surface area (Å²) >= 11 is 0. The summed E-state index contributed by atoms with van der Waals surface area (Å²) in [6.07, 6.45) is 72.8. The second-order valence-electron chi connectivity index (χ2n) is 20.6. The Bertz CT molecular complexity index is 1220. The van der Waals surface area contributed by atoms with Gasteiger partial charge < -0.3 is 14.2 Å². The van der Waals surface area contributed by atoms with E-state index in [1.54, 1.807) is 0 Å². The van der Waals surface area contributed by atoms with E-state index < -0.39 is 6.10 Å². The topological polar surface area (TPSA) is 78.9 Å². The van der Waals surface area contributed by atoms with Crippen LogP contribution in [0.3, 0.4) is 0 Å². The van der Waals surface area contributed by atoms with Crippen molar-refractivity contribution in [2.75, 3.05) is 13.2 Å². The number of unbranched alkanes of at least 4 members (excludes halogenated alkanes) is 37. The molecule has 408 valence electrons. The van der Waals surface area contributed by atoms with Crippen molar-refractivity contribution < 1.29 is 28.6 Å². The highest BCUT2D eigenvalue weighted by atomic mass is 16.6. The molecular weight excluding hydrogens is 865 g/mol. The van der Waals surface area contributed by atoms with Crippen LogP contribution in [0.1, 0.15) is 323 Å². The molecule has 6 heteroatoms. The minimum Gasteiger partial charge on any atom is -0.462 e. The van der Waals surface area contributed by atoms with E-state index in [0.717, 1.165) is 64.2 Å². The lowest BCUT2D eigenvalue weighted by atomic mass is 10.0. The lowest BCUT2D eigenvalue weighted by Crippen LogP contribution is -2.30. The van der Waals surface area contributed by atoms with E-state index in [4.69, 9.17) is 14.2 Å². The Kier molecular flexibility index (Phi) is 56.7. The van der Waals surface area contributed by atoms with Crippen molar-refractivity contribution in [1.29, 1.82) is 0 Å². The van der Waals surface area contributed by atoms with Crippen LogP contribution in [0.2, 0.25) is 0 Å². The summed E-state index contributed by atoms with van der Waals surface area (Å²) in [4.78, 5) is 38.2. The van der Waals surface area contributed by atoms with Crippen LogP contribution in [0.15, 0.2) is 48.6 Å². The first-order chi connectivity index (χ1) is 34.5. The Morgan fingerprint density at radius 3 is 0.871 bits per heavy atom. The van der Waals surface area contributed by atoms with Crippen molar-refractivity contribution in [3.05, 3.63) is 48.6 Å². The molecule has 0 N–H and O–H groups in total. The fourth-order valence-corrected chi connectivity index (χ4v) is 9.05. The number of carbonyl (C=O) groups excluding carboxylic acids is 3. The first-order valence-electron chi connectivity index (χ1n) is 30.6. The second kappa shape index (κ2) is 58.9. The van der Waals surface area contributed by atoms with Crippen molar-refractivity contribution >= 4 is 17.9 Å². The van der Waals surface area contributed by atoms with Crippen LogP contribution < -0.4 is 0 Å². The zero-order valence-corrected chi connectivity index (χ0v) is 46.8. The molecule has 6 nitrogen and oxygen atoms in total. The van der Waals surface area contributed by atoms with Crippen molar-refractivity contribution in [2.24, 2.45) is 0 Å². The predicted molar refractivity (Wildman–Crippen MR) is 302 cm³/mol. The van der Waals surface area contributed by atoms with E-state index in [1.807, 2.05) is 6.08 Å². The molecular formula is C64H116O6. The number of ether oxygens (including phenoxy) is 3. The lowest BCUT2D eigenvalue weighted by molar-refractivity contribution is -0.166. The third-order valence-electron chi connectivity index (χ3n) is 13.6. The molecule has 0 aromatic heterocycles. The molecule has 70 heavy (non-hydrogen) atoms. The molecule has 0 aliphatic rings. The number of hydrogen-bond acceptors (Lipinski definition) is 6. The maximum absolute atomic E-state index is 12.9. The number of allylic oxidation sites excluding steroid dienone is 8. The number of rotatable bonds is 56. The summed E-state index contributed by atoms with van der Waals surface area (Å²) in [7, 11) is 0. The smallest absolute Gasteiger partial charge is 0.306 e. The molecule has 1 unspecified atom stereocenters. The molecule has 0 fully saturated rings. The molecule has 0 bridgehead atoms. The molecule has 0 spiro atoms. The zero-order valence-electron chi connectivity index (χ0n) is 46.8. The highest BCUT2D eigenvalue weighted by molar-refractivity contribution is 5.71. The van der Waals surface area contributed by atoms with E-state index in [2.05, 4.69) is 63.3 Å². The van der Waals surface area contributed by atoms with E-state index in [-0.39, 0.29) is 37.5 Å². The molecule has 0 radical (unpaired) electrons. The van der Waals surface area contributed by atoms with E-state index in [1.165, 1.54) is 212 Å². The van der Waals surface area contributed by atoms with E-state index in [9.17, 15) is 14.4 Å². The van der Waals surface area contributed by atoms with Gasteiger partial charge in [-0.05, 0) is 44.9 Å². The number of esters is 3. The Balaban J connectivity index is 4.33. The molecule has 0 saturated heterocycles. The SMILES string of the molecule is CC/C=C\C/C=C\C/C=C\C/C=C\CCC(=O)OCC(COC(=O)CCCCCCCCCCCCCCCCCCCCCC)OC(=O)CCCCCCCCCCCCCCCCCCCCC. The predicted octanol–water partition coefficient (Wildman–Crippen LogP) is 20.6. The van der Waals surface area contributed by atoms with Gasteiger partial charge in [0.25, 0.3) is 0 Å². The van der Waals surface area contributed by atoms with Gasteiger partial charge in [-0.2, -0.15) is 0 Å². The third kappa shape index (κ3) is 56.3. The van der Waals surface area contributed by atoms with Gasteiger partial charge in [0, 0.05) is 19.3 Å². The highest BCUT2D eigenvalue weighted by Gasteiger charge is 2.19. The first-order valence-corrected chi connectivity index (χ1v) is 30.6. The van der Waals surface area contributed by atoms with Crippen LogP contribution in [0.4, 0.5) is 0 Å². The van der Waals surface area contributed by atoms with Crippen molar-refractivity contribution in [3.8, 4) is 0 Å². The first kappa shape index (κ1) is 67.4. The fraction of sp³-hybridized carbons (Fsp3) is 0.828. The van der Waals surface area contributed by atoms with Crippen LogP contribution in [-0.2, 0) is 28.6 Å². The summed E-state index contributed by atoms with van der Waals surface area (Å²) in [5, 5.41) is 0. The van der Waals surface area contributed by atoms with Gasteiger partial charge in [0.15, 0.2) is 6.10 Å². The summed E-state index contributed by atoms with van der Waals surface area (Å²) in [6, 6.07) is 0. The average Bonchev–Trinajstić information content (AvgIpc) is 3.36. The Morgan fingerprint density at radius 1 is 0.300 bits per heavy atom. The summed E-state index contributed by atoms with van der Waals surface area (Å²) in [5.41, 5.74) is 0. The average molecular weight is 982 g/mol. The minimum atomic E-state index is -0.798. The second-order valence-corrected chi connectivity index (χ2v) is 20.6. The monoisotopic (exact) mass is 981 g/mol. The van der Waals surface area contributed by atoms with Gasteiger partial charge in [0.1, 0.15) is 13.2 Å². The summed E-state index contributed by atoms with van der Waals surface area (Å²) in [6.45, 7) is 6.52. The van der Waals surface area contributed by atoms with E-state index in [0.29, 0.717) is 19.3 Å². The molecule has 0 aromatic carbocycles. The molecule has 0 heterocycles. The van der Waals surface area contributed by atoms with Gasteiger partial charge in [0.05, 0.1) is 0 Å². The maximum atomic E-state index is 12.9. The Labute approximate surface area is 435 Å². The Morgan fingerprint density at radius 2 is 0.557 bits per heavy atom. The van der Waals surface area contributed by atoms with Crippen LogP contribution >= 0.6 is 0 Å². The maximum Gasteiger partial charge on any atom is 0.306 e. The third-order valence-corrected chi connectivity index (χ3v) is 13.6. The highest BCUT2D eigenvalue weighted by Crippen LogP contribution is 2.18. The quantitative estimate of drug-likeness (QED) is 0.0261. The van der Waals surface area contributed by atoms with Crippen molar-refractivity contribution in [1.82, 2.24) is 0 Å². The number of hydrogen-bond donors (Lipinski definition) is 0. The largest absolute Gasteiger partial charge is 0.462 e. The standard InChI is InChI=1S/C64H116O6/c1-4-7-10-13-16-19-22-25-27-29-31-33-34-36-39-42-45-48-51-54-57-63(66)69-60-61(59-68-62(65)56-53-50-47-44-41-38-24-21-18-15-12-9-6-3)70-64(67)58-55-52-49-46-43-40-37-35-32-30-28-26-23-20-17-14-11-8-5-2/h9,12,18,21,38,41,47,50,61H,4-8,10-11,13-17,19-20,22-37,39-40,42-46,48-49,51-60H2,1-3H3/b12-9-,21-18-,41-38-,50-47-. The minimum absolute atomic E-state index is 0.0902. The van der Waals surface area contributed by atoms with Crippen LogP contribution in [0, 0.1) is 0 Å². The summed E-state index contributed by atoms with van der Waals surface area (Å²) < 4.78 is 16.8. The molecule has 0 amide bonds. The Hall–Kier alpha value is -2.63. The van der Waals surface area contributed by atoms with Gasteiger partial charge in [-0.25, -0.2) is 0 Å². The van der Waals surface area contributed by atoms with Gasteiger partial charge in [-0.1, -0.05) is 307 Å². The molecule has 1 atom stereocenters.